The van der Waals surface area contributed by atoms with Crippen LogP contribution in [0.2, 0.25) is 0 Å². The molecule has 1 fully saturated rings. The lowest BCUT2D eigenvalue weighted by molar-refractivity contribution is -0.105. The standard InChI is InChI=1S/C10H13NO2/c12-10(9-5-7-13-9)8-4-2-1-3-6-11-8/h1-4,6,9-12H,5,7H2. The van der Waals surface area contributed by atoms with Crippen molar-refractivity contribution >= 4 is 0 Å². The Balaban J connectivity index is 2.01. The number of nitrogens with one attached hydrogen (secondary N) is 1. The molecule has 0 saturated carbocycles. The van der Waals surface area contributed by atoms with Crippen LogP contribution in [0, 0.1) is 0 Å². The van der Waals surface area contributed by atoms with Gasteiger partial charge in [0.1, 0.15) is 6.10 Å². The molecule has 0 aliphatic carbocycles. The van der Waals surface area contributed by atoms with E-state index in [0.29, 0.717) is 0 Å². The van der Waals surface area contributed by atoms with Crippen molar-refractivity contribution in [3.8, 4) is 0 Å². The summed E-state index contributed by atoms with van der Waals surface area (Å²) in [5, 5.41) is 12.8. The van der Waals surface area contributed by atoms with Crippen molar-refractivity contribution in [3.63, 3.8) is 0 Å². The summed E-state index contributed by atoms with van der Waals surface area (Å²) in [6.07, 6.45) is 9.75. The van der Waals surface area contributed by atoms with Crippen molar-refractivity contribution in [1.29, 1.82) is 0 Å². The zero-order valence-corrected chi connectivity index (χ0v) is 7.31. The molecule has 2 aliphatic rings. The predicted molar refractivity (Wildman–Crippen MR) is 49.9 cm³/mol. The summed E-state index contributed by atoms with van der Waals surface area (Å²) in [6, 6.07) is 0. The van der Waals surface area contributed by atoms with Gasteiger partial charge < -0.3 is 15.2 Å². The van der Waals surface area contributed by atoms with Gasteiger partial charge in [0.15, 0.2) is 0 Å². The van der Waals surface area contributed by atoms with Crippen LogP contribution in [-0.4, -0.2) is 23.9 Å². The molecule has 0 spiro atoms. The quantitative estimate of drug-likeness (QED) is 0.655. The van der Waals surface area contributed by atoms with Gasteiger partial charge >= 0.3 is 0 Å². The van der Waals surface area contributed by atoms with E-state index in [1.54, 1.807) is 6.20 Å². The van der Waals surface area contributed by atoms with E-state index in [-0.39, 0.29) is 6.10 Å². The molecular weight excluding hydrogens is 166 g/mol. The lowest BCUT2D eigenvalue weighted by atomic mass is 10.0. The highest BCUT2D eigenvalue weighted by molar-refractivity contribution is 5.24. The Labute approximate surface area is 77.4 Å². The fourth-order valence-electron chi connectivity index (χ4n) is 1.36. The highest BCUT2D eigenvalue weighted by Gasteiger charge is 2.28. The average molecular weight is 179 g/mol. The third-order valence-electron chi connectivity index (χ3n) is 2.25. The van der Waals surface area contributed by atoms with Gasteiger partial charge in [-0.15, -0.1) is 0 Å². The number of aliphatic hydroxyl groups excluding tert-OH is 1. The monoisotopic (exact) mass is 179 g/mol. The van der Waals surface area contributed by atoms with Crippen molar-refractivity contribution in [2.75, 3.05) is 6.61 Å². The second kappa shape index (κ2) is 3.77. The van der Waals surface area contributed by atoms with Gasteiger partial charge in [-0.05, 0) is 18.6 Å². The van der Waals surface area contributed by atoms with E-state index in [0.717, 1.165) is 18.7 Å². The topological polar surface area (TPSA) is 41.5 Å². The summed E-state index contributed by atoms with van der Waals surface area (Å²) in [6.45, 7) is 0.765. The summed E-state index contributed by atoms with van der Waals surface area (Å²) in [5.74, 6) is 0. The Morgan fingerprint density at radius 3 is 3.00 bits per heavy atom. The van der Waals surface area contributed by atoms with Crippen LogP contribution in [0.25, 0.3) is 0 Å². The Kier molecular flexibility index (Phi) is 2.47. The highest BCUT2D eigenvalue weighted by Crippen LogP contribution is 2.19. The van der Waals surface area contributed by atoms with Crippen molar-refractivity contribution < 1.29 is 9.84 Å². The third kappa shape index (κ3) is 1.82. The fraction of sp³-hybridized carbons (Fsp3) is 0.400. The molecule has 3 heteroatoms. The van der Waals surface area contributed by atoms with Gasteiger partial charge in [0.2, 0.25) is 0 Å². The van der Waals surface area contributed by atoms with Gasteiger partial charge in [0, 0.05) is 18.5 Å². The zero-order chi connectivity index (χ0) is 9.10. The SMILES string of the molecule is OC(C1=CC=CC=CN1)C1CCO1. The van der Waals surface area contributed by atoms with Crippen molar-refractivity contribution in [1.82, 2.24) is 5.32 Å². The molecule has 2 aliphatic heterocycles. The van der Waals surface area contributed by atoms with E-state index in [1.807, 2.05) is 24.3 Å². The second-order valence-corrected chi connectivity index (χ2v) is 3.15. The molecular formula is C10H13NO2. The molecule has 2 N–H and O–H groups in total. The van der Waals surface area contributed by atoms with Crippen molar-refractivity contribution in [2.45, 2.75) is 18.6 Å². The highest BCUT2D eigenvalue weighted by atomic mass is 16.5. The second-order valence-electron chi connectivity index (χ2n) is 3.15. The molecule has 0 aromatic carbocycles. The molecule has 2 unspecified atom stereocenters. The van der Waals surface area contributed by atoms with Crippen LogP contribution in [-0.2, 0) is 4.74 Å². The maximum Gasteiger partial charge on any atom is 0.120 e. The first-order valence-corrected chi connectivity index (χ1v) is 4.47. The number of allylic oxidation sites excluding steroid dienone is 4. The minimum Gasteiger partial charge on any atom is -0.384 e. The summed E-state index contributed by atoms with van der Waals surface area (Å²) in [5.41, 5.74) is 0.801. The minimum atomic E-state index is -0.527. The first kappa shape index (κ1) is 8.53. The normalized spacial score (nSPS) is 28.4. The fourth-order valence-corrected chi connectivity index (χ4v) is 1.36. The maximum absolute atomic E-state index is 9.80. The first-order chi connectivity index (χ1) is 6.38. The summed E-state index contributed by atoms with van der Waals surface area (Å²) in [4.78, 5) is 0. The Bertz CT molecular complexity index is 264. The molecule has 3 nitrogen and oxygen atoms in total. The Hall–Kier alpha value is -1.06. The predicted octanol–water partition coefficient (Wildman–Crippen LogP) is 0.693. The number of rotatable bonds is 2. The van der Waals surface area contributed by atoms with Gasteiger partial charge in [-0.25, -0.2) is 0 Å². The third-order valence-corrected chi connectivity index (χ3v) is 2.25. The maximum atomic E-state index is 9.80. The van der Waals surface area contributed by atoms with Crippen LogP contribution in [0.5, 0.6) is 0 Å². The molecule has 70 valence electrons. The van der Waals surface area contributed by atoms with Gasteiger partial charge in [-0.2, -0.15) is 0 Å². The molecule has 2 rings (SSSR count). The first-order valence-electron chi connectivity index (χ1n) is 4.47. The number of hydrogen-bond donors (Lipinski definition) is 2. The number of ether oxygens (including phenoxy) is 1. The summed E-state index contributed by atoms with van der Waals surface area (Å²) >= 11 is 0. The molecule has 0 amide bonds. The lowest BCUT2D eigenvalue weighted by Gasteiger charge is -2.31. The Morgan fingerprint density at radius 1 is 1.46 bits per heavy atom. The van der Waals surface area contributed by atoms with Gasteiger partial charge in [0.05, 0.1) is 6.10 Å². The average Bonchev–Trinajstić information content (AvgIpc) is 2.27. The van der Waals surface area contributed by atoms with Gasteiger partial charge in [-0.3, -0.25) is 0 Å². The number of aliphatic hydroxyl groups is 1. The van der Waals surface area contributed by atoms with Gasteiger partial charge in [-0.1, -0.05) is 12.2 Å². The molecule has 0 bridgehead atoms. The molecule has 0 aromatic heterocycles. The number of hydrogen-bond acceptors (Lipinski definition) is 3. The lowest BCUT2D eigenvalue weighted by Crippen LogP contribution is -2.41. The largest absolute Gasteiger partial charge is 0.384 e. The van der Waals surface area contributed by atoms with E-state index in [4.69, 9.17) is 4.74 Å². The summed E-state index contributed by atoms with van der Waals surface area (Å²) < 4.78 is 5.21. The molecule has 2 heterocycles. The molecule has 13 heavy (non-hydrogen) atoms. The van der Waals surface area contributed by atoms with E-state index in [2.05, 4.69) is 5.32 Å². The molecule has 1 saturated heterocycles. The van der Waals surface area contributed by atoms with Crippen LogP contribution in [0.4, 0.5) is 0 Å². The van der Waals surface area contributed by atoms with Crippen molar-refractivity contribution in [3.05, 3.63) is 36.2 Å². The van der Waals surface area contributed by atoms with E-state index >= 15 is 0 Å². The van der Waals surface area contributed by atoms with Gasteiger partial charge in [0.25, 0.3) is 0 Å². The van der Waals surface area contributed by atoms with Crippen LogP contribution in [0.3, 0.4) is 0 Å². The Morgan fingerprint density at radius 2 is 2.31 bits per heavy atom. The van der Waals surface area contributed by atoms with Crippen LogP contribution in [0.1, 0.15) is 6.42 Å². The van der Waals surface area contributed by atoms with E-state index < -0.39 is 6.10 Å². The minimum absolute atomic E-state index is 0.0290. The van der Waals surface area contributed by atoms with Crippen LogP contribution in [0.15, 0.2) is 36.2 Å². The summed E-state index contributed by atoms with van der Waals surface area (Å²) in [7, 11) is 0. The van der Waals surface area contributed by atoms with Crippen LogP contribution < -0.4 is 5.32 Å². The van der Waals surface area contributed by atoms with E-state index in [9.17, 15) is 5.11 Å². The zero-order valence-electron chi connectivity index (χ0n) is 7.31. The molecule has 2 atom stereocenters. The molecule has 0 aromatic rings. The van der Waals surface area contributed by atoms with E-state index in [1.165, 1.54) is 0 Å². The van der Waals surface area contributed by atoms with Crippen molar-refractivity contribution in [2.24, 2.45) is 0 Å². The van der Waals surface area contributed by atoms with Crippen LogP contribution >= 0.6 is 0 Å². The molecule has 0 radical (unpaired) electrons. The smallest absolute Gasteiger partial charge is 0.120 e.